The van der Waals surface area contributed by atoms with Gasteiger partial charge in [0.15, 0.2) is 5.78 Å². The molecule has 9 heteroatoms. The number of aliphatic carboxylic acids is 1. The van der Waals surface area contributed by atoms with Crippen molar-refractivity contribution in [2.24, 2.45) is 16.9 Å². The molecule has 3 aliphatic rings. The van der Waals surface area contributed by atoms with E-state index in [2.05, 4.69) is 18.7 Å². The lowest BCUT2D eigenvalue weighted by Crippen LogP contribution is -2.38. The fraction of sp³-hybridized carbons (Fsp3) is 0.433. The Labute approximate surface area is 228 Å². The van der Waals surface area contributed by atoms with Crippen molar-refractivity contribution >= 4 is 17.7 Å². The summed E-state index contributed by atoms with van der Waals surface area (Å²) in [5.74, 6) is 0.532. The zero-order chi connectivity index (χ0) is 27.7. The summed E-state index contributed by atoms with van der Waals surface area (Å²) in [5.41, 5.74) is 15.3. The number of guanidine groups is 1. The summed E-state index contributed by atoms with van der Waals surface area (Å²) in [6.45, 7) is 7.14. The first-order chi connectivity index (χ1) is 18.6. The maximum atomic E-state index is 12.2. The SMILES string of the molecule is CC1(C)CC(=O)C=C(N2CC[C@H](Oc3ccc(C(Oc4ccc5c(c4)C[N+](=C(N)N)CC5)C(=O)O)cc3)C2)C1. The van der Waals surface area contributed by atoms with E-state index < -0.39 is 12.1 Å². The molecule has 2 aliphatic heterocycles. The number of allylic oxidation sites excluding steroid dienone is 2. The van der Waals surface area contributed by atoms with E-state index in [4.69, 9.17) is 20.9 Å². The topological polar surface area (TPSA) is 131 Å². The van der Waals surface area contributed by atoms with Crippen molar-refractivity contribution < 1.29 is 28.7 Å². The number of fused-ring (bicyclic) bond motifs is 1. The number of ether oxygens (including phenoxy) is 2. The van der Waals surface area contributed by atoms with Crippen LogP contribution in [0, 0.1) is 5.41 Å². The van der Waals surface area contributed by atoms with Crippen LogP contribution in [0.4, 0.5) is 0 Å². The molecular formula is C30H37N4O5+. The highest BCUT2D eigenvalue weighted by atomic mass is 16.5. The van der Waals surface area contributed by atoms with Crippen molar-refractivity contribution in [2.45, 2.75) is 58.3 Å². The predicted octanol–water partition coefficient (Wildman–Crippen LogP) is 2.96. The second-order valence-electron chi connectivity index (χ2n) is 11.5. The number of ketones is 1. The number of carboxylic acids is 1. The highest BCUT2D eigenvalue weighted by Crippen LogP contribution is 2.36. The van der Waals surface area contributed by atoms with Gasteiger partial charge in [0.2, 0.25) is 6.10 Å². The molecule has 1 fully saturated rings. The molecule has 39 heavy (non-hydrogen) atoms. The lowest BCUT2D eigenvalue weighted by Gasteiger charge is -2.33. The molecular weight excluding hydrogens is 496 g/mol. The molecule has 9 nitrogen and oxygen atoms in total. The van der Waals surface area contributed by atoms with Crippen LogP contribution in [-0.2, 0) is 22.6 Å². The average Bonchev–Trinajstić information content (AvgIpc) is 3.34. The van der Waals surface area contributed by atoms with Crippen molar-refractivity contribution in [2.75, 3.05) is 19.6 Å². The molecule has 2 heterocycles. The first-order valence-corrected chi connectivity index (χ1v) is 13.5. The van der Waals surface area contributed by atoms with E-state index >= 15 is 0 Å². The van der Waals surface area contributed by atoms with E-state index in [1.165, 1.54) is 5.56 Å². The van der Waals surface area contributed by atoms with Crippen LogP contribution in [0.5, 0.6) is 11.5 Å². The van der Waals surface area contributed by atoms with E-state index in [1.807, 2.05) is 16.7 Å². The Kier molecular flexibility index (Phi) is 7.25. The number of nitrogens with two attached hydrogens (primary N) is 2. The largest absolute Gasteiger partial charge is 0.489 e. The van der Waals surface area contributed by atoms with Gasteiger partial charge in [-0.2, -0.15) is 0 Å². The maximum Gasteiger partial charge on any atom is 0.349 e. The van der Waals surface area contributed by atoms with Crippen LogP contribution in [0.15, 0.2) is 54.2 Å². The van der Waals surface area contributed by atoms with Crippen LogP contribution in [-0.4, -0.2) is 58.0 Å². The number of hydrogen-bond acceptors (Lipinski definition) is 5. The Bertz CT molecular complexity index is 1330. The van der Waals surface area contributed by atoms with E-state index in [0.29, 0.717) is 30.0 Å². The number of benzene rings is 2. The zero-order valence-corrected chi connectivity index (χ0v) is 22.6. The minimum atomic E-state index is -1.16. The van der Waals surface area contributed by atoms with Gasteiger partial charge in [0.1, 0.15) is 17.6 Å². The molecule has 1 unspecified atom stereocenters. The molecule has 0 saturated carbocycles. The Morgan fingerprint density at radius 1 is 1.10 bits per heavy atom. The van der Waals surface area contributed by atoms with Gasteiger partial charge < -0.3 is 19.5 Å². The molecule has 0 aromatic heterocycles. The average molecular weight is 534 g/mol. The first kappa shape index (κ1) is 26.6. The van der Waals surface area contributed by atoms with E-state index in [1.54, 1.807) is 36.4 Å². The molecule has 1 saturated heterocycles. The summed E-state index contributed by atoms with van der Waals surface area (Å²) in [4.78, 5) is 26.5. The smallest absolute Gasteiger partial charge is 0.349 e. The Hall–Kier alpha value is -4.01. The number of carbonyl (C=O) groups is 2. The normalized spacial score (nSPS) is 21.1. The van der Waals surface area contributed by atoms with Gasteiger partial charge in [0.05, 0.1) is 19.6 Å². The number of carboxylic acid groups (broad SMARTS) is 1. The highest BCUT2D eigenvalue weighted by molar-refractivity contribution is 5.91. The van der Waals surface area contributed by atoms with Crippen LogP contribution >= 0.6 is 0 Å². The van der Waals surface area contributed by atoms with Crippen molar-refractivity contribution in [1.82, 2.24) is 4.90 Å². The highest BCUT2D eigenvalue weighted by Gasteiger charge is 2.33. The van der Waals surface area contributed by atoms with Crippen molar-refractivity contribution in [1.29, 1.82) is 0 Å². The first-order valence-electron chi connectivity index (χ1n) is 13.5. The van der Waals surface area contributed by atoms with Crippen LogP contribution in [0.2, 0.25) is 0 Å². The van der Waals surface area contributed by atoms with Gasteiger partial charge in [0, 0.05) is 43.1 Å². The number of likely N-dealkylation sites (tertiary alicyclic amines) is 1. The Morgan fingerprint density at radius 3 is 2.54 bits per heavy atom. The fourth-order valence-corrected chi connectivity index (χ4v) is 5.74. The number of nitrogens with zero attached hydrogens (tertiary/aromatic N) is 2. The predicted molar refractivity (Wildman–Crippen MR) is 147 cm³/mol. The van der Waals surface area contributed by atoms with Gasteiger partial charge in [0.25, 0.3) is 0 Å². The quantitative estimate of drug-likeness (QED) is 0.366. The molecule has 0 radical (unpaired) electrons. The van der Waals surface area contributed by atoms with Crippen molar-refractivity contribution in [3.05, 3.63) is 70.9 Å². The fourth-order valence-electron chi connectivity index (χ4n) is 5.74. The molecule has 2 aromatic rings. The molecule has 0 amide bonds. The summed E-state index contributed by atoms with van der Waals surface area (Å²) in [5, 5.41) is 9.91. The minimum Gasteiger partial charge on any atom is -0.489 e. The van der Waals surface area contributed by atoms with Crippen molar-refractivity contribution in [3.8, 4) is 11.5 Å². The lowest BCUT2D eigenvalue weighted by molar-refractivity contribution is -0.549. The second-order valence-corrected chi connectivity index (χ2v) is 11.5. The molecule has 5 rings (SSSR count). The molecule has 1 aliphatic carbocycles. The molecule has 0 spiro atoms. The van der Waals surface area contributed by atoms with Crippen LogP contribution < -0.4 is 20.9 Å². The monoisotopic (exact) mass is 533 g/mol. The minimum absolute atomic E-state index is 0.00160. The molecule has 5 N–H and O–H groups in total. The third kappa shape index (κ3) is 6.19. The van der Waals surface area contributed by atoms with E-state index in [0.717, 1.165) is 50.2 Å². The number of hydrogen-bond donors (Lipinski definition) is 3. The summed E-state index contributed by atoms with van der Waals surface area (Å²) in [6.07, 6.45) is 3.77. The van der Waals surface area contributed by atoms with Gasteiger partial charge >= 0.3 is 11.9 Å². The van der Waals surface area contributed by atoms with Crippen molar-refractivity contribution in [3.63, 3.8) is 0 Å². The molecule has 206 valence electrons. The third-order valence-corrected chi connectivity index (χ3v) is 7.71. The summed E-state index contributed by atoms with van der Waals surface area (Å²) < 4.78 is 14.0. The summed E-state index contributed by atoms with van der Waals surface area (Å²) in [7, 11) is 0. The molecule has 2 atom stereocenters. The number of rotatable bonds is 7. The summed E-state index contributed by atoms with van der Waals surface area (Å²) >= 11 is 0. The maximum absolute atomic E-state index is 12.2. The van der Waals surface area contributed by atoms with Gasteiger partial charge in [-0.15, -0.1) is 0 Å². The van der Waals surface area contributed by atoms with Crippen LogP contribution in [0.1, 0.15) is 55.9 Å². The molecule has 0 bridgehead atoms. The van der Waals surface area contributed by atoms with E-state index in [9.17, 15) is 14.7 Å². The third-order valence-electron chi connectivity index (χ3n) is 7.71. The van der Waals surface area contributed by atoms with Gasteiger partial charge in [-0.3, -0.25) is 20.8 Å². The standard InChI is InChI=1S/C30H36N4O5/c1-30(2)15-22(14-23(35)16-30)33-12-10-26(18-33)38-24-6-4-20(5-7-24)27(28(36)37)39-25-8-3-19-9-11-34(29(31)32)17-21(19)13-25/h3-8,13-14,26-27H,9-12,15-18H2,1-2H3,(H4,31,32,36,37)/p+1/t26-,27?/m0/s1. The Balaban J connectivity index is 1.22. The van der Waals surface area contributed by atoms with Crippen LogP contribution in [0.25, 0.3) is 0 Å². The van der Waals surface area contributed by atoms with Gasteiger partial charge in [-0.05, 0) is 47.2 Å². The van der Waals surface area contributed by atoms with Crippen LogP contribution in [0.3, 0.4) is 0 Å². The Morgan fingerprint density at radius 2 is 1.85 bits per heavy atom. The summed E-state index contributed by atoms with van der Waals surface area (Å²) in [6, 6.07) is 12.7. The number of carbonyl (C=O) groups excluding carboxylic acids is 1. The lowest BCUT2D eigenvalue weighted by atomic mass is 9.78. The molecule has 2 aromatic carbocycles. The van der Waals surface area contributed by atoms with Gasteiger partial charge in [-0.1, -0.05) is 32.0 Å². The van der Waals surface area contributed by atoms with Gasteiger partial charge in [-0.25, -0.2) is 4.79 Å². The zero-order valence-electron chi connectivity index (χ0n) is 22.6. The second kappa shape index (κ2) is 10.6. The van der Waals surface area contributed by atoms with E-state index in [-0.39, 0.29) is 23.3 Å².